The molecule has 2 aromatic heterocycles. The van der Waals surface area contributed by atoms with E-state index < -0.39 is 0 Å². The molecule has 0 atom stereocenters. The van der Waals surface area contributed by atoms with E-state index in [2.05, 4.69) is 217 Å². The van der Waals surface area contributed by atoms with E-state index in [1.807, 2.05) is 6.20 Å². The monoisotopic (exact) mass is 1050 g/mol. The zero-order chi connectivity index (χ0) is 46.5. The molecular formula is C61H62N3OPt-. The number of aromatic hydroxyl groups is 1. The predicted octanol–water partition coefficient (Wildman–Crippen LogP) is 16.3. The Hall–Kier alpha value is -5.83. The summed E-state index contributed by atoms with van der Waals surface area (Å²) in [5.74, 6) is 0.956. The van der Waals surface area contributed by atoms with E-state index in [0.717, 1.165) is 77.3 Å². The molecule has 1 N–H and O–H groups in total. The Bertz CT molecular complexity index is 3350. The van der Waals surface area contributed by atoms with Gasteiger partial charge in [0.1, 0.15) is 11.6 Å². The Morgan fingerprint density at radius 3 is 1.88 bits per heavy atom. The second-order valence-corrected chi connectivity index (χ2v) is 21.5. The minimum atomic E-state index is -0.328. The molecular weight excluding hydrogens is 986 g/mol. The summed E-state index contributed by atoms with van der Waals surface area (Å²) >= 11 is 0. The average molecular weight is 1050 g/mol. The molecule has 0 aliphatic carbocycles. The predicted molar refractivity (Wildman–Crippen MR) is 276 cm³/mol. The summed E-state index contributed by atoms with van der Waals surface area (Å²) in [6.45, 7) is 31.0. The zero-order valence-electron chi connectivity index (χ0n) is 41.1. The van der Waals surface area contributed by atoms with Crippen LogP contribution < -0.4 is 0 Å². The molecule has 5 heteroatoms. The largest absolute Gasteiger partial charge is 0.507 e. The average Bonchev–Trinajstić information content (AvgIpc) is 3.63. The Kier molecular flexibility index (Phi) is 11.9. The van der Waals surface area contributed by atoms with E-state index in [9.17, 15) is 5.11 Å². The summed E-state index contributed by atoms with van der Waals surface area (Å²) in [6.07, 6.45) is 1.92. The maximum atomic E-state index is 12.6. The fraction of sp³-hybridized carbons (Fsp3) is 0.279. The third-order valence-electron chi connectivity index (χ3n) is 13.6. The second-order valence-electron chi connectivity index (χ2n) is 21.5. The normalized spacial score (nSPS) is 12.3. The van der Waals surface area contributed by atoms with Crippen LogP contribution in [0.5, 0.6) is 5.75 Å². The molecule has 2 heterocycles. The fourth-order valence-corrected chi connectivity index (χ4v) is 9.92. The van der Waals surface area contributed by atoms with Gasteiger partial charge >= 0.3 is 0 Å². The van der Waals surface area contributed by atoms with Crippen molar-refractivity contribution in [3.8, 4) is 56.3 Å². The summed E-state index contributed by atoms with van der Waals surface area (Å²) in [5.41, 5.74) is 18.8. The van der Waals surface area contributed by atoms with Gasteiger partial charge in [-0.05, 0) is 131 Å². The van der Waals surface area contributed by atoms with Crippen molar-refractivity contribution in [2.24, 2.45) is 0 Å². The van der Waals surface area contributed by atoms with Gasteiger partial charge in [0.2, 0.25) is 0 Å². The molecule has 4 nitrogen and oxygen atoms in total. The quantitative estimate of drug-likeness (QED) is 0.138. The van der Waals surface area contributed by atoms with Gasteiger partial charge < -0.3 is 5.11 Å². The van der Waals surface area contributed by atoms with E-state index in [1.165, 1.54) is 38.9 Å². The van der Waals surface area contributed by atoms with Gasteiger partial charge in [0.05, 0.1) is 22.3 Å². The van der Waals surface area contributed by atoms with E-state index in [0.29, 0.717) is 11.4 Å². The Labute approximate surface area is 406 Å². The standard InChI is InChI=1S/C61H62N3O.Pt/c1-35-28-36(2)54(37(3)29-35)42-26-27-62-51(31-42)41-20-22-45-38(4)39(5)46-23-25-53-56(55(46)48(45)30-41)63-58(49-33-44(60(9,10)11)34-50(57(49)65)61(12,13)14)64(53)52-24-21-43(59(6,7)8)32-47(52)40-18-16-15-17-19-40;/h15-29,31-34,65H,1-14H3;/q-1;. The number of imidazole rings is 1. The molecule has 0 amide bonds. The third-order valence-corrected chi connectivity index (χ3v) is 13.6. The molecule has 0 bridgehead atoms. The van der Waals surface area contributed by atoms with Gasteiger partial charge in [-0.1, -0.05) is 157 Å². The van der Waals surface area contributed by atoms with Crippen LogP contribution in [0.3, 0.4) is 0 Å². The van der Waals surface area contributed by atoms with Crippen molar-refractivity contribution < 1.29 is 26.2 Å². The van der Waals surface area contributed by atoms with Crippen molar-refractivity contribution in [1.29, 1.82) is 0 Å². The molecule has 9 aromatic rings. The Morgan fingerprint density at radius 1 is 0.591 bits per heavy atom. The number of aromatic nitrogens is 3. The number of aryl methyl sites for hydroxylation is 5. The Morgan fingerprint density at radius 2 is 1.23 bits per heavy atom. The van der Waals surface area contributed by atoms with Crippen LogP contribution >= 0.6 is 0 Å². The number of phenols is 1. The minimum absolute atomic E-state index is 0. The van der Waals surface area contributed by atoms with E-state index >= 15 is 0 Å². The first-order valence-electron chi connectivity index (χ1n) is 23.1. The van der Waals surface area contributed by atoms with Gasteiger partial charge in [-0.2, -0.15) is 0 Å². The van der Waals surface area contributed by atoms with Crippen LogP contribution in [-0.2, 0) is 37.3 Å². The third kappa shape index (κ3) is 8.10. The van der Waals surface area contributed by atoms with Crippen molar-refractivity contribution in [3.05, 3.63) is 166 Å². The number of fused-ring (bicyclic) bond motifs is 5. The second kappa shape index (κ2) is 16.8. The topological polar surface area (TPSA) is 50.9 Å². The smallest absolute Gasteiger partial charge is 0.148 e. The first kappa shape index (κ1) is 46.7. The summed E-state index contributed by atoms with van der Waals surface area (Å²) in [6, 6.07) is 43.6. The maximum absolute atomic E-state index is 12.6. The minimum Gasteiger partial charge on any atom is -0.507 e. The van der Waals surface area contributed by atoms with Crippen LogP contribution in [0.2, 0.25) is 0 Å². The van der Waals surface area contributed by atoms with Crippen LogP contribution in [0, 0.1) is 40.7 Å². The number of benzene rings is 7. The molecule has 0 aliphatic heterocycles. The van der Waals surface area contributed by atoms with Crippen molar-refractivity contribution in [1.82, 2.24) is 14.5 Å². The van der Waals surface area contributed by atoms with Crippen LogP contribution in [0.25, 0.3) is 83.2 Å². The van der Waals surface area contributed by atoms with Gasteiger partial charge in [-0.15, -0.1) is 23.6 Å². The van der Waals surface area contributed by atoms with Gasteiger partial charge in [0, 0.05) is 44.1 Å². The van der Waals surface area contributed by atoms with Gasteiger partial charge in [-0.3, -0.25) is 9.55 Å². The summed E-state index contributed by atoms with van der Waals surface area (Å²) in [7, 11) is 0. The number of rotatable bonds is 5. The van der Waals surface area contributed by atoms with E-state index in [4.69, 9.17) is 9.97 Å². The summed E-state index contributed by atoms with van der Waals surface area (Å²) in [4.78, 5) is 10.7. The molecule has 0 aliphatic rings. The molecule has 338 valence electrons. The Balaban J connectivity index is 0.00000592. The number of hydrogen-bond acceptors (Lipinski definition) is 3. The van der Waals surface area contributed by atoms with Crippen molar-refractivity contribution in [3.63, 3.8) is 0 Å². The molecule has 9 rings (SSSR count). The van der Waals surface area contributed by atoms with E-state index in [1.54, 1.807) is 0 Å². The first-order valence-corrected chi connectivity index (χ1v) is 23.1. The molecule has 0 radical (unpaired) electrons. The maximum Gasteiger partial charge on any atom is 0.148 e. The molecule has 0 fully saturated rings. The van der Waals surface area contributed by atoms with Crippen LogP contribution in [0.4, 0.5) is 0 Å². The van der Waals surface area contributed by atoms with Crippen LogP contribution in [0.1, 0.15) is 107 Å². The van der Waals surface area contributed by atoms with Crippen molar-refractivity contribution in [2.75, 3.05) is 0 Å². The number of nitrogens with zero attached hydrogens (tertiary/aromatic N) is 3. The summed E-state index contributed by atoms with van der Waals surface area (Å²) < 4.78 is 2.31. The zero-order valence-corrected chi connectivity index (χ0v) is 43.3. The molecule has 66 heavy (non-hydrogen) atoms. The van der Waals surface area contributed by atoms with Crippen molar-refractivity contribution >= 4 is 32.6 Å². The fourth-order valence-electron chi connectivity index (χ4n) is 9.92. The van der Waals surface area contributed by atoms with Crippen molar-refractivity contribution in [2.45, 2.75) is 113 Å². The molecule has 0 saturated carbocycles. The molecule has 0 spiro atoms. The molecule has 7 aromatic carbocycles. The summed E-state index contributed by atoms with van der Waals surface area (Å²) in [5, 5.41) is 16.9. The molecule has 0 saturated heterocycles. The van der Waals surface area contributed by atoms with Crippen LogP contribution in [-0.4, -0.2) is 19.6 Å². The van der Waals surface area contributed by atoms with Gasteiger partial charge in [0.15, 0.2) is 0 Å². The molecule has 0 unspecified atom stereocenters. The number of phenolic OH excluding ortho intramolecular Hbond substituents is 1. The van der Waals surface area contributed by atoms with Gasteiger partial charge in [0.25, 0.3) is 0 Å². The van der Waals surface area contributed by atoms with Gasteiger partial charge in [-0.25, -0.2) is 4.98 Å². The van der Waals surface area contributed by atoms with E-state index in [-0.39, 0.29) is 43.1 Å². The first-order chi connectivity index (χ1) is 30.6. The number of hydrogen-bond donors (Lipinski definition) is 1. The SMILES string of the molecule is Cc1cc(C)c(-c2ccnc(-c3[c-]c4c(cc3)c(C)c(C)c3ccc5c(nc(-c6cc(C(C)(C)C)cc(C(C)(C)C)c6O)n5-c5ccc(C(C)(C)C)cc5-c5ccccc5)c34)c2)c(C)c1.[Pt]. The van der Waals surface area contributed by atoms with Crippen LogP contribution in [0.15, 0.2) is 115 Å². The number of pyridine rings is 1.